The van der Waals surface area contributed by atoms with Gasteiger partial charge in [0.25, 0.3) is 5.56 Å². The Morgan fingerprint density at radius 3 is 2.83 bits per heavy atom. The standard InChI is InChI=1S/C21H20BrN3O4/c1-4-28-21(27)13(2)29-19-8-6-5-7-15(19)12-23-25-14(3)24-18-10-9-16(22)11-17(18)20(25)26/h5-13H,4H2,1-3H3/t13-/m0/s1. The Hall–Kier alpha value is -3.00. The highest BCUT2D eigenvalue weighted by atomic mass is 79.9. The third-order valence-electron chi connectivity index (χ3n) is 4.12. The Balaban J connectivity index is 1.95. The van der Waals surface area contributed by atoms with E-state index in [1.165, 1.54) is 10.9 Å². The number of nitrogens with zero attached hydrogens (tertiary/aromatic N) is 3. The highest BCUT2D eigenvalue weighted by molar-refractivity contribution is 9.10. The molecule has 0 bridgehead atoms. The first-order valence-corrected chi connectivity index (χ1v) is 9.85. The van der Waals surface area contributed by atoms with Gasteiger partial charge in [-0.15, -0.1) is 0 Å². The Morgan fingerprint density at radius 2 is 2.07 bits per heavy atom. The molecule has 1 heterocycles. The molecule has 3 rings (SSSR count). The highest BCUT2D eigenvalue weighted by Crippen LogP contribution is 2.19. The number of para-hydroxylation sites is 1. The van der Waals surface area contributed by atoms with Crippen LogP contribution in [0, 0.1) is 6.92 Å². The summed E-state index contributed by atoms with van der Waals surface area (Å²) in [4.78, 5) is 29.1. The Kier molecular flexibility index (Phi) is 6.43. The van der Waals surface area contributed by atoms with E-state index in [9.17, 15) is 9.59 Å². The molecule has 0 unspecified atom stereocenters. The van der Waals surface area contributed by atoms with E-state index >= 15 is 0 Å². The van der Waals surface area contributed by atoms with Gasteiger partial charge in [0.15, 0.2) is 6.10 Å². The first-order chi connectivity index (χ1) is 13.9. The van der Waals surface area contributed by atoms with Gasteiger partial charge in [0.1, 0.15) is 11.6 Å². The third kappa shape index (κ3) is 4.71. The highest BCUT2D eigenvalue weighted by Gasteiger charge is 2.17. The van der Waals surface area contributed by atoms with Crippen molar-refractivity contribution in [3.05, 3.63) is 68.7 Å². The molecule has 2 aromatic carbocycles. The molecule has 0 spiro atoms. The lowest BCUT2D eigenvalue weighted by molar-refractivity contribution is -0.150. The number of halogens is 1. The van der Waals surface area contributed by atoms with Gasteiger partial charge in [-0.05, 0) is 51.1 Å². The van der Waals surface area contributed by atoms with Crippen LogP contribution in [0.4, 0.5) is 0 Å². The average molecular weight is 458 g/mol. The van der Waals surface area contributed by atoms with Crippen molar-refractivity contribution >= 4 is 39.0 Å². The molecule has 29 heavy (non-hydrogen) atoms. The number of fused-ring (bicyclic) bond motifs is 1. The largest absolute Gasteiger partial charge is 0.478 e. The molecule has 0 aliphatic rings. The summed E-state index contributed by atoms with van der Waals surface area (Å²) < 4.78 is 12.7. The Bertz CT molecular complexity index is 1140. The Morgan fingerprint density at radius 1 is 1.31 bits per heavy atom. The van der Waals surface area contributed by atoms with Gasteiger partial charge in [-0.2, -0.15) is 9.78 Å². The van der Waals surface area contributed by atoms with Crippen molar-refractivity contribution in [1.82, 2.24) is 9.66 Å². The molecule has 1 atom stereocenters. The summed E-state index contributed by atoms with van der Waals surface area (Å²) >= 11 is 3.37. The number of carbonyl (C=O) groups excluding carboxylic acids is 1. The zero-order valence-corrected chi connectivity index (χ0v) is 17.8. The van der Waals surface area contributed by atoms with E-state index < -0.39 is 12.1 Å². The van der Waals surface area contributed by atoms with Crippen molar-refractivity contribution in [2.45, 2.75) is 26.9 Å². The lowest BCUT2D eigenvalue weighted by atomic mass is 10.2. The van der Waals surface area contributed by atoms with Crippen LogP contribution in [0.25, 0.3) is 10.9 Å². The summed E-state index contributed by atoms with van der Waals surface area (Å²) in [5, 5.41) is 4.77. The van der Waals surface area contributed by atoms with Gasteiger partial charge in [-0.25, -0.2) is 9.78 Å². The van der Waals surface area contributed by atoms with Gasteiger partial charge in [0, 0.05) is 10.0 Å². The van der Waals surface area contributed by atoms with Crippen LogP contribution in [-0.4, -0.2) is 34.6 Å². The summed E-state index contributed by atoms with van der Waals surface area (Å²) in [6.07, 6.45) is 0.737. The van der Waals surface area contributed by atoms with Crippen molar-refractivity contribution in [1.29, 1.82) is 0 Å². The van der Waals surface area contributed by atoms with Crippen LogP contribution in [0.15, 0.2) is 56.8 Å². The normalized spacial score (nSPS) is 12.3. The molecule has 0 amide bonds. The summed E-state index contributed by atoms with van der Waals surface area (Å²) in [6, 6.07) is 12.4. The van der Waals surface area contributed by atoms with Crippen LogP contribution in [0.2, 0.25) is 0 Å². The maximum atomic E-state index is 12.8. The lowest BCUT2D eigenvalue weighted by Crippen LogP contribution is -2.26. The van der Waals surface area contributed by atoms with Crippen LogP contribution in [-0.2, 0) is 9.53 Å². The molecule has 0 saturated heterocycles. The van der Waals surface area contributed by atoms with E-state index in [1.54, 1.807) is 51.1 Å². The second kappa shape index (κ2) is 9.00. The van der Waals surface area contributed by atoms with E-state index in [0.29, 0.717) is 28.0 Å². The zero-order valence-electron chi connectivity index (χ0n) is 16.3. The zero-order chi connectivity index (χ0) is 21.0. The summed E-state index contributed by atoms with van der Waals surface area (Å²) in [5.41, 5.74) is 0.946. The van der Waals surface area contributed by atoms with Crippen LogP contribution in [0.1, 0.15) is 25.2 Å². The molecular weight excluding hydrogens is 438 g/mol. The minimum Gasteiger partial charge on any atom is -0.478 e. The summed E-state index contributed by atoms with van der Waals surface area (Å²) in [6.45, 7) is 5.35. The molecule has 3 aromatic rings. The fraction of sp³-hybridized carbons (Fsp3) is 0.238. The first-order valence-electron chi connectivity index (χ1n) is 9.06. The van der Waals surface area contributed by atoms with Crippen molar-refractivity contribution in [3.63, 3.8) is 0 Å². The number of esters is 1. The van der Waals surface area contributed by atoms with Gasteiger partial charge >= 0.3 is 5.97 Å². The second-order valence-electron chi connectivity index (χ2n) is 6.23. The van der Waals surface area contributed by atoms with Crippen molar-refractivity contribution in [2.24, 2.45) is 5.10 Å². The Labute approximate surface area is 176 Å². The van der Waals surface area contributed by atoms with Gasteiger partial charge in [0.05, 0.1) is 23.7 Å². The number of benzene rings is 2. The van der Waals surface area contributed by atoms with E-state index in [0.717, 1.165) is 4.47 Å². The van der Waals surface area contributed by atoms with Crippen LogP contribution in [0.3, 0.4) is 0 Å². The van der Waals surface area contributed by atoms with E-state index in [2.05, 4.69) is 26.0 Å². The summed E-state index contributed by atoms with van der Waals surface area (Å²) in [7, 11) is 0. The van der Waals surface area contributed by atoms with Crippen molar-refractivity contribution in [3.8, 4) is 5.75 Å². The quantitative estimate of drug-likeness (QED) is 0.416. The minimum atomic E-state index is -0.770. The molecule has 8 heteroatoms. The second-order valence-corrected chi connectivity index (χ2v) is 7.15. The number of aryl methyl sites for hydroxylation is 1. The van der Waals surface area contributed by atoms with Gasteiger partial charge in [-0.3, -0.25) is 4.79 Å². The fourth-order valence-corrected chi connectivity index (χ4v) is 3.07. The molecule has 0 saturated carbocycles. The number of hydrogen-bond acceptors (Lipinski definition) is 6. The maximum absolute atomic E-state index is 12.8. The maximum Gasteiger partial charge on any atom is 0.347 e. The van der Waals surface area contributed by atoms with Gasteiger partial charge in [0.2, 0.25) is 0 Å². The SMILES string of the molecule is CCOC(=O)[C@H](C)Oc1ccccc1C=Nn1c(C)nc2ccc(Br)cc2c1=O. The topological polar surface area (TPSA) is 82.8 Å². The smallest absolute Gasteiger partial charge is 0.347 e. The van der Waals surface area contributed by atoms with Crippen molar-refractivity contribution < 1.29 is 14.3 Å². The van der Waals surface area contributed by atoms with E-state index in [1.807, 2.05) is 12.1 Å². The minimum absolute atomic E-state index is 0.275. The lowest BCUT2D eigenvalue weighted by Gasteiger charge is -2.15. The molecular formula is C21H20BrN3O4. The molecule has 0 fully saturated rings. The number of carbonyl (C=O) groups is 1. The van der Waals surface area contributed by atoms with Crippen molar-refractivity contribution in [2.75, 3.05) is 6.61 Å². The molecule has 7 nitrogen and oxygen atoms in total. The predicted octanol–water partition coefficient (Wildman–Crippen LogP) is 3.68. The third-order valence-corrected chi connectivity index (χ3v) is 4.62. The molecule has 150 valence electrons. The average Bonchev–Trinajstić information content (AvgIpc) is 2.69. The monoisotopic (exact) mass is 457 g/mol. The van der Waals surface area contributed by atoms with E-state index in [-0.39, 0.29) is 12.2 Å². The first kappa shape index (κ1) is 20.7. The number of ether oxygens (including phenoxy) is 2. The van der Waals surface area contributed by atoms with Gasteiger partial charge in [-0.1, -0.05) is 28.1 Å². The molecule has 0 aliphatic carbocycles. The predicted molar refractivity (Wildman–Crippen MR) is 115 cm³/mol. The molecule has 0 radical (unpaired) electrons. The molecule has 1 aromatic heterocycles. The molecule has 0 N–H and O–H groups in total. The van der Waals surface area contributed by atoms with Crippen LogP contribution in [0.5, 0.6) is 5.75 Å². The van der Waals surface area contributed by atoms with Crippen LogP contribution < -0.4 is 10.3 Å². The fourth-order valence-electron chi connectivity index (χ4n) is 2.71. The van der Waals surface area contributed by atoms with E-state index in [4.69, 9.17) is 9.47 Å². The molecule has 0 aliphatic heterocycles. The summed E-state index contributed by atoms with van der Waals surface area (Å²) in [5.74, 6) is 0.467. The van der Waals surface area contributed by atoms with Crippen LogP contribution >= 0.6 is 15.9 Å². The number of hydrogen-bond donors (Lipinski definition) is 0. The number of aromatic nitrogens is 2. The van der Waals surface area contributed by atoms with Gasteiger partial charge < -0.3 is 9.47 Å². The number of rotatable bonds is 6.